The van der Waals surface area contributed by atoms with Crippen LogP contribution >= 0.6 is 16.5 Å². The van der Waals surface area contributed by atoms with Gasteiger partial charge in [-0.2, -0.15) is 0 Å². The Morgan fingerprint density at radius 1 is 0.478 bits per heavy atom. The highest BCUT2D eigenvalue weighted by Crippen LogP contribution is 2.69. The van der Waals surface area contributed by atoms with Crippen LogP contribution in [0, 0.1) is 5.41 Å². The zero-order valence-corrected chi connectivity index (χ0v) is 41.2. The largest absolute Gasteiger partial charge is 0.695 e. The van der Waals surface area contributed by atoms with Gasteiger partial charge in [0.15, 0.2) is 0 Å². The Morgan fingerprint density at radius 2 is 0.806 bits per heavy atom. The van der Waals surface area contributed by atoms with Gasteiger partial charge in [-0.1, -0.05) is 39.8 Å². The topological polar surface area (TPSA) is 136 Å². The van der Waals surface area contributed by atoms with E-state index in [0.717, 1.165) is 56.4 Å². The van der Waals surface area contributed by atoms with Crippen LogP contribution in [0.25, 0.3) is 11.1 Å². The van der Waals surface area contributed by atoms with Crippen molar-refractivity contribution in [3.63, 3.8) is 0 Å². The first-order valence-electron chi connectivity index (χ1n) is 22.5. The van der Waals surface area contributed by atoms with E-state index in [0.29, 0.717) is 48.7 Å². The van der Waals surface area contributed by atoms with Gasteiger partial charge >= 0.3 is 16.5 Å². The molecule has 350 valence electrons. The Bertz CT molecular complexity index is 2410. The van der Waals surface area contributed by atoms with Crippen LogP contribution in [-0.4, -0.2) is 50.4 Å². The molecule has 0 bridgehead atoms. The predicted octanol–water partition coefficient (Wildman–Crippen LogP) is 14.0. The van der Waals surface area contributed by atoms with Crippen LogP contribution in [-0.2, 0) is 23.6 Å². The summed E-state index contributed by atoms with van der Waals surface area (Å²) in [6, 6.07) is 44.4. The molecule has 1 aliphatic rings. The van der Waals surface area contributed by atoms with E-state index in [1.54, 1.807) is 28.4 Å². The summed E-state index contributed by atoms with van der Waals surface area (Å²) >= 11 is 0. The normalized spacial score (nSPS) is 13.3. The average molecular weight is 947 g/mol. The van der Waals surface area contributed by atoms with Crippen molar-refractivity contribution in [2.24, 2.45) is 5.41 Å². The number of ether oxygens (including phenoxy) is 4. The molecule has 0 spiro atoms. The lowest BCUT2D eigenvalue weighted by Gasteiger charge is -2.57. The van der Waals surface area contributed by atoms with Crippen molar-refractivity contribution in [1.29, 1.82) is 0 Å². The van der Waals surface area contributed by atoms with Crippen molar-refractivity contribution >= 4 is 50.6 Å². The number of hydrogen-bond donors (Lipinski definition) is 2. The molecule has 0 radical (unpaired) electrons. The molecule has 14 heteroatoms. The molecule has 1 aliphatic carbocycles. The second-order valence-corrected chi connectivity index (χ2v) is 17.9. The van der Waals surface area contributed by atoms with E-state index in [1.807, 2.05) is 111 Å². The number of hydrogen-bond acceptors (Lipinski definition) is 10. The fourth-order valence-electron chi connectivity index (χ4n) is 11.0. The molecule has 0 amide bonds. The molecule has 2 N–H and O–H groups in total. The van der Waals surface area contributed by atoms with E-state index in [9.17, 15) is 18.9 Å². The summed E-state index contributed by atoms with van der Waals surface area (Å²) in [5.74, 6) is 2.86. The number of methoxy groups -OCH3 is 4. The van der Waals surface area contributed by atoms with Gasteiger partial charge in [-0.15, -0.1) is 18.8 Å². The number of nitrogens with zero attached hydrogens (tertiary/aromatic N) is 2. The maximum atomic E-state index is 13.2. The number of fused-ring (bicyclic) bond motifs is 3. The van der Waals surface area contributed by atoms with Gasteiger partial charge in [0.2, 0.25) is 0 Å². The Morgan fingerprint density at radius 3 is 1.07 bits per heavy atom. The van der Waals surface area contributed by atoms with Crippen molar-refractivity contribution in [1.82, 2.24) is 0 Å². The molecule has 0 saturated carbocycles. The second kappa shape index (κ2) is 21.0. The van der Waals surface area contributed by atoms with Crippen LogP contribution in [0.3, 0.4) is 0 Å². The summed E-state index contributed by atoms with van der Waals surface area (Å²) in [6.07, 6.45) is 2.05. The van der Waals surface area contributed by atoms with Gasteiger partial charge in [-0.25, -0.2) is 0 Å². The molecule has 6 aromatic rings. The first-order chi connectivity index (χ1) is 32.4. The van der Waals surface area contributed by atoms with E-state index in [4.69, 9.17) is 28.0 Å². The molecule has 12 nitrogen and oxygen atoms in total. The summed E-state index contributed by atoms with van der Waals surface area (Å²) in [5.41, 5.74) is 5.83. The summed E-state index contributed by atoms with van der Waals surface area (Å²) in [7, 11) is 0.522. The molecule has 67 heavy (non-hydrogen) atoms. The highest BCUT2D eigenvalue weighted by atomic mass is 31.1. The molecular weight excluding hydrogens is 887 g/mol. The summed E-state index contributed by atoms with van der Waals surface area (Å²) in [4.78, 5) is 25.4. The van der Waals surface area contributed by atoms with Gasteiger partial charge in [0.25, 0.3) is 0 Å². The fourth-order valence-corrected chi connectivity index (χ4v) is 11.9. The molecule has 2 unspecified atom stereocenters. The summed E-state index contributed by atoms with van der Waals surface area (Å²) in [6.45, 7) is 8.13. The Hall–Kier alpha value is -5.84. The first kappa shape index (κ1) is 49.1. The van der Waals surface area contributed by atoms with Gasteiger partial charge in [0.05, 0.1) is 28.4 Å². The SMILES string of the molecule is CCC(CC)(O[P+](=O)O)C(CC)(CC)C1(CCO[P+](=O)O)c2cc(N(c3ccc(OC)cc3)c3ccc(OC)cc3)ccc2-c2ccc(N(c3ccc(OC)cc3)c3ccc(OC)cc3)cc21. The van der Waals surface area contributed by atoms with Crippen molar-refractivity contribution < 1.29 is 46.9 Å². The van der Waals surface area contributed by atoms with Crippen LogP contribution in [0.5, 0.6) is 23.0 Å². The Balaban J connectivity index is 1.59. The lowest BCUT2D eigenvalue weighted by Crippen LogP contribution is -2.60. The fraction of sp³-hybridized carbons (Fsp3) is 0.321. The van der Waals surface area contributed by atoms with Crippen LogP contribution in [0.15, 0.2) is 133 Å². The van der Waals surface area contributed by atoms with E-state index in [-0.39, 0.29) is 13.0 Å². The van der Waals surface area contributed by atoms with Crippen LogP contribution < -0.4 is 28.7 Å². The third-order valence-corrected chi connectivity index (χ3v) is 14.9. The summed E-state index contributed by atoms with van der Waals surface area (Å²) in [5, 5.41) is 0. The van der Waals surface area contributed by atoms with Crippen molar-refractivity contribution in [3.8, 4) is 34.1 Å². The van der Waals surface area contributed by atoms with Crippen molar-refractivity contribution in [3.05, 3.63) is 145 Å². The summed E-state index contributed by atoms with van der Waals surface area (Å²) < 4.78 is 60.1. The zero-order valence-electron chi connectivity index (χ0n) is 39.4. The van der Waals surface area contributed by atoms with Crippen LogP contribution in [0.1, 0.15) is 70.9 Å². The maximum Gasteiger partial charge on any atom is 0.695 e. The first-order valence-corrected chi connectivity index (χ1v) is 24.8. The minimum Gasteiger partial charge on any atom is -0.497 e. The standard InChI is InChI=1S/C53H58N2O10P2/c1-9-51(10-2,52(11-3,12-4)65-67(58)59)53(33-34-64-66(56)57)49-35-41(54(37-13-23-43(60-5)24-14-37)38-15-25-44(61-6)26-16-38)21-31-47(49)48-32-22-42(36-50(48)53)55(39-17-27-45(62-7)28-18-39)40-19-29-46(63-8)30-20-40/h13-32,35-36H,9-12,33-34H2,1-8H3/p+2. The maximum absolute atomic E-state index is 13.2. The Labute approximate surface area is 395 Å². The van der Waals surface area contributed by atoms with E-state index < -0.39 is 32.9 Å². The highest BCUT2D eigenvalue weighted by Gasteiger charge is 2.67. The number of anilines is 6. The highest BCUT2D eigenvalue weighted by molar-refractivity contribution is 7.32. The van der Waals surface area contributed by atoms with E-state index >= 15 is 0 Å². The minimum absolute atomic E-state index is 0.100. The Kier molecular flexibility index (Phi) is 15.4. The minimum atomic E-state index is -3.07. The molecule has 0 aromatic heterocycles. The van der Waals surface area contributed by atoms with Crippen LogP contribution in [0.2, 0.25) is 0 Å². The van der Waals surface area contributed by atoms with Gasteiger partial charge in [0.1, 0.15) is 35.2 Å². The molecule has 0 heterocycles. The average Bonchev–Trinajstić information content (AvgIpc) is 3.63. The van der Waals surface area contributed by atoms with Crippen molar-refractivity contribution in [2.45, 2.75) is 70.8 Å². The van der Waals surface area contributed by atoms with E-state index in [1.165, 1.54) is 0 Å². The molecule has 6 aromatic carbocycles. The van der Waals surface area contributed by atoms with Gasteiger partial charge in [-0.05, 0) is 176 Å². The second-order valence-electron chi connectivity index (χ2n) is 16.5. The quantitative estimate of drug-likeness (QED) is 0.0627. The molecule has 0 saturated heterocycles. The molecule has 0 fully saturated rings. The molecule has 2 atom stereocenters. The van der Waals surface area contributed by atoms with Gasteiger partial charge < -0.3 is 28.7 Å². The predicted molar refractivity (Wildman–Crippen MR) is 266 cm³/mol. The molecule has 7 rings (SSSR count). The lowest BCUT2D eigenvalue weighted by molar-refractivity contribution is -0.115. The number of benzene rings is 6. The van der Waals surface area contributed by atoms with Crippen LogP contribution in [0.4, 0.5) is 34.1 Å². The third-order valence-electron chi connectivity index (χ3n) is 14.0. The third kappa shape index (κ3) is 9.03. The van der Waals surface area contributed by atoms with Gasteiger partial charge in [-0.3, -0.25) is 0 Å². The zero-order chi connectivity index (χ0) is 47.9. The van der Waals surface area contributed by atoms with Crippen molar-refractivity contribution in [2.75, 3.05) is 44.8 Å². The lowest BCUT2D eigenvalue weighted by atomic mass is 9.47. The number of rotatable bonds is 22. The van der Waals surface area contributed by atoms with E-state index in [2.05, 4.69) is 60.0 Å². The molecular formula is C53H60N2O10P2+2. The smallest absolute Gasteiger partial charge is 0.497 e. The monoisotopic (exact) mass is 946 g/mol. The molecule has 0 aliphatic heterocycles. The van der Waals surface area contributed by atoms with Gasteiger partial charge in [0, 0.05) is 54.1 Å².